The van der Waals surface area contributed by atoms with Crippen LogP contribution in [0.4, 0.5) is 10.4 Å². The first kappa shape index (κ1) is 24.8. The van der Waals surface area contributed by atoms with Gasteiger partial charge in [-0.2, -0.15) is 0 Å². The van der Waals surface area contributed by atoms with Crippen LogP contribution in [-0.2, 0) is 16.6 Å². The Hall–Kier alpha value is -4.34. The minimum Gasteiger partial charge on any atom is -0.451 e. The predicted molar refractivity (Wildman–Crippen MR) is 129 cm³/mol. The lowest BCUT2D eigenvalue weighted by molar-refractivity contribution is -0.122. The zero-order chi connectivity index (χ0) is 25.7. The number of benzene rings is 1. The molecule has 0 bridgehead atoms. The summed E-state index contributed by atoms with van der Waals surface area (Å²) in [6, 6.07) is 8.25. The molecule has 1 aromatic carbocycles. The number of rotatable bonds is 8. The standard InChI is InChI=1S/C26H26FN5O4/c1-26(2,3)21-14-30-25(36-21)32(24(34)20-15-35-16-31-20)22(18-7-5-10-28-13-18)23(33)29-11-9-17-6-4-8-19(27)12-17/h4-8,10,12-16,22H,9,11H2,1-3H3,(H,29,33). The van der Waals surface area contributed by atoms with E-state index in [0.29, 0.717) is 17.7 Å². The molecule has 10 heteroatoms. The summed E-state index contributed by atoms with van der Waals surface area (Å²) >= 11 is 0. The summed E-state index contributed by atoms with van der Waals surface area (Å²) in [6.07, 6.45) is 7.29. The molecule has 1 unspecified atom stereocenters. The molecule has 3 aromatic heterocycles. The molecule has 0 aliphatic heterocycles. The number of aromatic nitrogens is 3. The lowest BCUT2D eigenvalue weighted by Crippen LogP contribution is -2.45. The molecular weight excluding hydrogens is 465 g/mol. The van der Waals surface area contributed by atoms with Gasteiger partial charge in [-0.25, -0.2) is 19.3 Å². The summed E-state index contributed by atoms with van der Waals surface area (Å²) in [6.45, 7) is 6.04. The van der Waals surface area contributed by atoms with Gasteiger partial charge in [-0.3, -0.25) is 14.6 Å². The smallest absolute Gasteiger partial charge is 0.305 e. The summed E-state index contributed by atoms with van der Waals surface area (Å²) in [5.74, 6) is -0.950. The average molecular weight is 492 g/mol. The van der Waals surface area contributed by atoms with Crippen LogP contribution >= 0.6 is 0 Å². The van der Waals surface area contributed by atoms with Crippen LogP contribution in [0.3, 0.4) is 0 Å². The highest BCUT2D eigenvalue weighted by atomic mass is 19.1. The Morgan fingerprint density at radius 3 is 2.61 bits per heavy atom. The number of nitrogens with one attached hydrogen (secondary N) is 1. The number of carbonyl (C=O) groups excluding carboxylic acids is 2. The van der Waals surface area contributed by atoms with Crippen LogP contribution in [0.15, 0.2) is 76.5 Å². The Morgan fingerprint density at radius 2 is 1.97 bits per heavy atom. The second kappa shape index (κ2) is 10.5. The van der Waals surface area contributed by atoms with Gasteiger partial charge in [0.05, 0.1) is 6.20 Å². The minimum atomic E-state index is -1.18. The summed E-state index contributed by atoms with van der Waals surface area (Å²) < 4.78 is 24.5. The first-order chi connectivity index (χ1) is 17.2. The van der Waals surface area contributed by atoms with Crippen molar-refractivity contribution in [3.8, 4) is 0 Å². The molecule has 0 radical (unpaired) electrons. The van der Waals surface area contributed by atoms with Gasteiger partial charge in [-0.1, -0.05) is 39.0 Å². The van der Waals surface area contributed by atoms with E-state index in [9.17, 15) is 14.0 Å². The van der Waals surface area contributed by atoms with Gasteiger partial charge in [0, 0.05) is 29.9 Å². The van der Waals surface area contributed by atoms with Crippen molar-refractivity contribution in [2.75, 3.05) is 11.4 Å². The van der Waals surface area contributed by atoms with E-state index >= 15 is 0 Å². The summed E-state index contributed by atoms with van der Waals surface area (Å²) in [5, 5.41) is 2.84. The Labute approximate surface area is 207 Å². The molecule has 0 fully saturated rings. The number of carbonyl (C=O) groups is 2. The number of hydrogen-bond donors (Lipinski definition) is 1. The molecule has 186 valence electrons. The van der Waals surface area contributed by atoms with Gasteiger partial charge >= 0.3 is 6.01 Å². The number of oxazole rings is 2. The number of halogens is 1. The number of nitrogens with zero attached hydrogens (tertiary/aromatic N) is 4. The van der Waals surface area contributed by atoms with Crippen LogP contribution in [0.1, 0.15) is 54.2 Å². The monoisotopic (exact) mass is 491 g/mol. The SMILES string of the molecule is CC(C)(C)c1cnc(N(C(=O)c2cocn2)C(C(=O)NCCc2cccc(F)c2)c2cccnc2)o1. The van der Waals surface area contributed by atoms with E-state index in [4.69, 9.17) is 8.83 Å². The van der Waals surface area contributed by atoms with Gasteiger partial charge in [0.25, 0.3) is 5.91 Å². The van der Waals surface area contributed by atoms with Gasteiger partial charge in [-0.05, 0) is 30.2 Å². The van der Waals surface area contributed by atoms with Gasteiger partial charge in [0.1, 0.15) is 23.9 Å². The van der Waals surface area contributed by atoms with Crippen molar-refractivity contribution in [2.45, 2.75) is 38.6 Å². The normalized spacial score (nSPS) is 12.2. The van der Waals surface area contributed by atoms with Gasteiger partial charge in [0.15, 0.2) is 12.1 Å². The molecule has 2 amide bonds. The van der Waals surface area contributed by atoms with Crippen LogP contribution in [0, 0.1) is 5.82 Å². The second-order valence-corrected chi connectivity index (χ2v) is 9.17. The highest BCUT2D eigenvalue weighted by molar-refractivity contribution is 6.07. The second-order valence-electron chi connectivity index (χ2n) is 9.17. The molecule has 9 nitrogen and oxygen atoms in total. The number of anilines is 1. The van der Waals surface area contributed by atoms with Crippen molar-refractivity contribution in [2.24, 2.45) is 0 Å². The Bertz CT molecular complexity index is 1320. The number of hydrogen-bond acceptors (Lipinski definition) is 7. The number of pyridine rings is 1. The van der Waals surface area contributed by atoms with Crippen LogP contribution in [0.2, 0.25) is 0 Å². The van der Waals surface area contributed by atoms with Crippen molar-refractivity contribution >= 4 is 17.8 Å². The molecule has 0 aliphatic rings. The maximum absolute atomic E-state index is 13.6. The third kappa shape index (κ3) is 5.65. The predicted octanol–water partition coefficient (Wildman–Crippen LogP) is 4.24. The molecule has 1 N–H and O–H groups in total. The molecule has 0 aliphatic carbocycles. The maximum Gasteiger partial charge on any atom is 0.305 e. The third-order valence-corrected chi connectivity index (χ3v) is 5.42. The van der Waals surface area contributed by atoms with E-state index in [1.165, 1.54) is 30.8 Å². The van der Waals surface area contributed by atoms with Crippen molar-refractivity contribution < 1.29 is 22.8 Å². The zero-order valence-electron chi connectivity index (χ0n) is 20.1. The Morgan fingerprint density at radius 1 is 1.14 bits per heavy atom. The molecule has 1 atom stereocenters. The van der Waals surface area contributed by atoms with E-state index in [1.54, 1.807) is 30.5 Å². The van der Waals surface area contributed by atoms with Crippen LogP contribution in [-0.4, -0.2) is 33.3 Å². The summed E-state index contributed by atoms with van der Waals surface area (Å²) in [7, 11) is 0. The fourth-order valence-electron chi connectivity index (χ4n) is 3.55. The molecule has 36 heavy (non-hydrogen) atoms. The van der Waals surface area contributed by atoms with Gasteiger partial charge in [-0.15, -0.1) is 0 Å². The Balaban J connectivity index is 1.69. The van der Waals surface area contributed by atoms with Crippen molar-refractivity contribution in [3.05, 3.63) is 96.0 Å². The first-order valence-electron chi connectivity index (χ1n) is 11.3. The van der Waals surface area contributed by atoms with E-state index in [0.717, 1.165) is 16.9 Å². The quantitative estimate of drug-likeness (QED) is 0.392. The lowest BCUT2D eigenvalue weighted by atomic mass is 9.94. The maximum atomic E-state index is 13.6. The molecule has 4 aromatic rings. The first-order valence-corrected chi connectivity index (χ1v) is 11.3. The van der Waals surface area contributed by atoms with E-state index < -0.39 is 17.9 Å². The molecule has 0 saturated heterocycles. The third-order valence-electron chi connectivity index (χ3n) is 5.42. The number of amides is 2. The van der Waals surface area contributed by atoms with E-state index in [2.05, 4.69) is 20.3 Å². The van der Waals surface area contributed by atoms with Crippen LogP contribution < -0.4 is 10.2 Å². The topological polar surface area (TPSA) is 114 Å². The van der Waals surface area contributed by atoms with Crippen molar-refractivity contribution in [1.29, 1.82) is 0 Å². The highest BCUT2D eigenvalue weighted by Gasteiger charge is 2.38. The van der Waals surface area contributed by atoms with E-state index in [1.807, 2.05) is 20.8 Å². The van der Waals surface area contributed by atoms with Crippen LogP contribution in [0.5, 0.6) is 0 Å². The van der Waals surface area contributed by atoms with Crippen molar-refractivity contribution in [1.82, 2.24) is 20.3 Å². The molecule has 4 rings (SSSR count). The highest BCUT2D eigenvalue weighted by Crippen LogP contribution is 2.32. The fraction of sp³-hybridized carbons (Fsp3) is 0.269. The fourth-order valence-corrected chi connectivity index (χ4v) is 3.55. The Kier molecular flexibility index (Phi) is 7.23. The van der Waals surface area contributed by atoms with Gasteiger partial charge in [0.2, 0.25) is 5.91 Å². The summed E-state index contributed by atoms with van der Waals surface area (Å²) in [5.41, 5.74) is 0.761. The minimum absolute atomic E-state index is 0.0213. The molecule has 0 spiro atoms. The largest absolute Gasteiger partial charge is 0.451 e. The summed E-state index contributed by atoms with van der Waals surface area (Å²) in [4.78, 5) is 40.7. The lowest BCUT2D eigenvalue weighted by Gasteiger charge is -2.27. The van der Waals surface area contributed by atoms with Gasteiger partial charge < -0.3 is 14.2 Å². The molecule has 3 heterocycles. The molecule has 0 saturated carbocycles. The average Bonchev–Trinajstić information content (AvgIpc) is 3.55. The van der Waals surface area contributed by atoms with Crippen molar-refractivity contribution in [3.63, 3.8) is 0 Å². The molecular formula is C26H26FN5O4. The van der Waals surface area contributed by atoms with E-state index in [-0.39, 0.29) is 29.5 Å². The zero-order valence-corrected chi connectivity index (χ0v) is 20.1. The van der Waals surface area contributed by atoms with Crippen LogP contribution in [0.25, 0.3) is 0 Å².